The van der Waals surface area contributed by atoms with Gasteiger partial charge in [0.25, 0.3) is 0 Å². The Kier molecular flexibility index (Phi) is 4.23. The highest BCUT2D eigenvalue weighted by molar-refractivity contribution is 9.10. The molecular formula is C12H18BrN3O. The quantitative estimate of drug-likeness (QED) is 0.897. The number of nitrogens with two attached hydrogens (primary N) is 1. The van der Waals surface area contributed by atoms with Gasteiger partial charge in [-0.15, -0.1) is 0 Å². The van der Waals surface area contributed by atoms with E-state index in [1.807, 2.05) is 0 Å². The number of aromatic nitrogens is 1. The third kappa shape index (κ3) is 2.90. The molecule has 17 heavy (non-hydrogen) atoms. The van der Waals surface area contributed by atoms with Crippen LogP contribution in [0.5, 0.6) is 0 Å². The second-order valence-corrected chi connectivity index (χ2v) is 5.19. The maximum Gasteiger partial charge on any atom is 0.0750 e. The van der Waals surface area contributed by atoms with Gasteiger partial charge in [-0.3, -0.25) is 4.98 Å². The first-order chi connectivity index (χ1) is 8.22. The number of nitrogen functional groups attached to an aromatic ring is 1. The summed E-state index contributed by atoms with van der Waals surface area (Å²) in [7, 11) is 0. The van der Waals surface area contributed by atoms with Gasteiger partial charge >= 0.3 is 0 Å². The van der Waals surface area contributed by atoms with Gasteiger partial charge in [0.15, 0.2) is 0 Å². The van der Waals surface area contributed by atoms with Crippen LogP contribution >= 0.6 is 15.9 Å². The molecule has 1 aromatic rings. The molecule has 1 aliphatic rings. The number of halogens is 1. The second kappa shape index (κ2) is 5.69. The van der Waals surface area contributed by atoms with E-state index in [4.69, 9.17) is 10.5 Å². The number of nitrogens with zero attached hydrogens (tertiary/aromatic N) is 1. The maximum absolute atomic E-state index is 5.89. The van der Waals surface area contributed by atoms with Crippen LogP contribution in [0.1, 0.15) is 19.8 Å². The van der Waals surface area contributed by atoms with Gasteiger partial charge in [-0.2, -0.15) is 0 Å². The molecule has 0 radical (unpaired) electrons. The van der Waals surface area contributed by atoms with Gasteiger partial charge in [-0.05, 0) is 28.8 Å². The SMILES string of the molecule is CCC1OCCC1CNc1c(N)cncc1Br. The molecule has 4 nitrogen and oxygen atoms in total. The highest BCUT2D eigenvalue weighted by Crippen LogP contribution is 2.29. The molecule has 5 heteroatoms. The van der Waals surface area contributed by atoms with E-state index in [0.717, 1.165) is 36.2 Å². The van der Waals surface area contributed by atoms with Crippen molar-refractivity contribution in [2.45, 2.75) is 25.9 Å². The van der Waals surface area contributed by atoms with E-state index in [9.17, 15) is 0 Å². The Balaban J connectivity index is 1.98. The number of pyridine rings is 1. The van der Waals surface area contributed by atoms with E-state index in [1.165, 1.54) is 0 Å². The fourth-order valence-corrected chi connectivity index (χ4v) is 2.73. The van der Waals surface area contributed by atoms with E-state index in [2.05, 4.69) is 33.2 Å². The van der Waals surface area contributed by atoms with Crippen molar-refractivity contribution in [3.05, 3.63) is 16.9 Å². The number of anilines is 2. The van der Waals surface area contributed by atoms with Crippen molar-refractivity contribution in [3.8, 4) is 0 Å². The van der Waals surface area contributed by atoms with Crippen LogP contribution < -0.4 is 11.1 Å². The summed E-state index contributed by atoms with van der Waals surface area (Å²) < 4.78 is 6.58. The molecule has 94 valence electrons. The Morgan fingerprint density at radius 2 is 2.41 bits per heavy atom. The molecule has 0 aliphatic carbocycles. The Morgan fingerprint density at radius 3 is 3.12 bits per heavy atom. The van der Waals surface area contributed by atoms with E-state index in [1.54, 1.807) is 12.4 Å². The summed E-state index contributed by atoms with van der Waals surface area (Å²) in [5, 5.41) is 3.40. The fraction of sp³-hybridized carbons (Fsp3) is 0.583. The van der Waals surface area contributed by atoms with Crippen molar-refractivity contribution in [2.75, 3.05) is 24.2 Å². The zero-order valence-electron chi connectivity index (χ0n) is 9.95. The molecule has 1 saturated heterocycles. The van der Waals surface area contributed by atoms with E-state index >= 15 is 0 Å². The minimum atomic E-state index is 0.379. The van der Waals surface area contributed by atoms with Crippen molar-refractivity contribution in [1.82, 2.24) is 4.98 Å². The van der Waals surface area contributed by atoms with Crippen molar-refractivity contribution in [3.63, 3.8) is 0 Å². The summed E-state index contributed by atoms with van der Waals surface area (Å²) in [5.74, 6) is 0.569. The highest BCUT2D eigenvalue weighted by Gasteiger charge is 2.26. The van der Waals surface area contributed by atoms with Crippen molar-refractivity contribution in [2.24, 2.45) is 5.92 Å². The first kappa shape index (κ1) is 12.6. The predicted octanol–water partition coefficient (Wildman–Crippen LogP) is 2.65. The van der Waals surface area contributed by atoms with Gasteiger partial charge in [-0.25, -0.2) is 0 Å². The Hall–Kier alpha value is -0.810. The zero-order valence-corrected chi connectivity index (χ0v) is 11.5. The fourth-order valence-electron chi connectivity index (χ4n) is 2.25. The topological polar surface area (TPSA) is 60.2 Å². The van der Waals surface area contributed by atoms with Crippen LogP contribution in [0.4, 0.5) is 11.4 Å². The molecule has 0 amide bonds. The summed E-state index contributed by atoms with van der Waals surface area (Å²) >= 11 is 3.45. The molecule has 0 spiro atoms. The average molecular weight is 300 g/mol. The molecule has 1 aliphatic heterocycles. The average Bonchev–Trinajstić information content (AvgIpc) is 2.76. The lowest BCUT2D eigenvalue weighted by Crippen LogP contribution is -2.23. The van der Waals surface area contributed by atoms with Crippen LogP contribution in [0.25, 0.3) is 0 Å². The molecule has 2 rings (SSSR count). The monoisotopic (exact) mass is 299 g/mol. The Labute approximate surface area is 110 Å². The van der Waals surface area contributed by atoms with Gasteiger partial charge in [0.2, 0.25) is 0 Å². The Morgan fingerprint density at radius 1 is 1.59 bits per heavy atom. The normalized spacial score (nSPS) is 23.9. The van der Waals surface area contributed by atoms with Gasteiger partial charge in [-0.1, -0.05) is 6.92 Å². The zero-order chi connectivity index (χ0) is 12.3. The number of rotatable bonds is 4. The van der Waals surface area contributed by atoms with Crippen molar-refractivity contribution >= 4 is 27.3 Å². The molecular weight excluding hydrogens is 282 g/mol. The summed E-state index contributed by atoms with van der Waals surface area (Å²) in [6, 6.07) is 0. The van der Waals surface area contributed by atoms with Crippen LogP contribution in [0.2, 0.25) is 0 Å². The van der Waals surface area contributed by atoms with Crippen LogP contribution in [-0.2, 0) is 4.74 Å². The van der Waals surface area contributed by atoms with Gasteiger partial charge in [0, 0.05) is 25.3 Å². The standard InChI is InChI=1S/C12H18BrN3O/c1-2-11-8(3-4-17-11)5-16-12-9(13)6-15-7-10(12)14/h6-8,11H,2-5,14H2,1H3,(H,15,16). The van der Waals surface area contributed by atoms with E-state index < -0.39 is 0 Å². The minimum absolute atomic E-state index is 0.379. The van der Waals surface area contributed by atoms with Crippen LogP contribution in [0.3, 0.4) is 0 Å². The smallest absolute Gasteiger partial charge is 0.0750 e. The molecule has 2 unspecified atom stereocenters. The number of ether oxygens (including phenoxy) is 1. The predicted molar refractivity (Wildman–Crippen MR) is 73.0 cm³/mol. The van der Waals surface area contributed by atoms with Crippen LogP contribution in [0.15, 0.2) is 16.9 Å². The lowest BCUT2D eigenvalue weighted by Gasteiger charge is -2.19. The third-order valence-electron chi connectivity index (χ3n) is 3.22. The number of nitrogens with one attached hydrogen (secondary N) is 1. The van der Waals surface area contributed by atoms with Crippen LogP contribution in [0, 0.1) is 5.92 Å². The summed E-state index contributed by atoms with van der Waals surface area (Å²) in [4.78, 5) is 4.02. The molecule has 0 saturated carbocycles. The molecule has 0 bridgehead atoms. The maximum atomic E-state index is 5.89. The first-order valence-electron chi connectivity index (χ1n) is 5.96. The van der Waals surface area contributed by atoms with Crippen molar-refractivity contribution < 1.29 is 4.74 Å². The molecule has 0 aromatic carbocycles. The van der Waals surface area contributed by atoms with Crippen LogP contribution in [-0.4, -0.2) is 24.2 Å². The third-order valence-corrected chi connectivity index (χ3v) is 3.82. The Bertz CT molecular complexity index is 366. The summed E-state index contributed by atoms with van der Waals surface area (Å²) in [5.41, 5.74) is 7.49. The number of hydrogen-bond acceptors (Lipinski definition) is 4. The summed E-state index contributed by atoms with van der Waals surface area (Å²) in [6.45, 7) is 3.93. The molecule has 2 atom stereocenters. The van der Waals surface area contributed by atoms with Gasteiger partial charge in [0.1, 0.15) is 0 Å². The van der Waals surface area contributed by atoms with E-state index in [-0.39, 0.29) is 0 Å². The number of hydrogen-bond donors (Lipinski definition) is 2. The second-order valence-electron chi connectivity index (χ2n) is 4.33. The largest absolute Gasteiger partial charge is 0.396 e. The summed E-state index contributed by atoms with van der Waals surface area (Å²) in [6.07, 6.45) is 5.98. The van der Waals surface area contributed by atoms with E-state index in [0.29, 0.717) is 17.7 Å². The van der Waals surface area contributed by atoms with Crippen molar-refractivity contribution in [1.29, 1.82) is 0 Å². The molecule has 3 N–H and O–H groups in total. The first-order valence-corrected chi connectivity index (χ1v) is 6.76. The lowest BCUT2D eigenvalue weighted by molar-refractivity contribution is 0.0900. The molecule has 1 aromatic heterocycles. The molecule has 1 fully saturated rings. The van der Waals surface area contributed by atoms with Gasteiger partial charge in [0.05, 0.1) is 28.1 Å². The molecule has 2 heterocycles. The highest BCUT2D eigenvalue weighted by atomic mass is 79.9. The lowest BCUT2D eigenvalue weighted by atomic mass is 9.99. The van der Waals surface area contributed by atoms with Gasteiger partial charge < -0.3 is 15.8 Å². The minimum Gasteiger partial charge on any atom is -0.396 e.